The van der Waals surface area contributed by atoms with Crippen molar-refractivity contribution in [3.63, 3.8) is 0 Å². The Labute approximate surface area is 195 Å². The summed E-state index contributed by atoms with van der Waals surface area (Å²) in [5.74, 6) is 1.24. The number of hydrogen-bond acceptors (Lipinski definition) is 6. The van der Waals surface area contributed by atoms with E-state index >= 15 is 0 Å². The summed E-state index contributed by atoms with van der Waals surface area (Å²) in [5.41, 5.74) is 1.43. The molecule has 0 saturated carbocycles. The molecule has 2 fully saturated rings. The van der Waals surface area contributed by atoms with Gasteiger partial charge in [0.25, 0.3) is 0 Å². The third-order valence-electron chi connectivity index (χ3n) is 7.03. The highest BCUT2D eigenvalue weighted by Crippen LogP contribution is 2.45. The van der Waals surface area contributed by atoms with Crippen LogP contribution in [0.15, 0.2) is 24.8 Å². The van der Waals surface area contributed by atoms with Crippen LogP contribution in [0.1, 0.15) is 43.2 Å². The topological polar surface area (TPSA) is 50.1 Å². The first-order valence-electron chi connectivity index (χ1n) is 11.4. The first-order chi connectivity index (χ1) is 15.6. The Morgan fingerprint density at radius 3 is 2.64 bits per heavy atom. The lowest BCUT2D eigenvalue weighted by molar-refractivity contribution is -0.126. The summed E-state index contributed by atoms with van der Waals surface area (Å²) in [5, 5.41) is 5.12. The first-order valence-corrected chi connectivity index (χ1v) is 12.2. The quantitative estimate of drug-likeness (QED) is 0.526. The number of likely N-dealkylation sites (tertiary alicyclic amines) is 1. The SMILES string of the molecule is CC(C)[C@@H](c1cnn(C)c1)N1CCC2(CCN(c3ncnc4sc(CC(F)(F)F)cc34)C2)C1. The summed E-state index contributed by atoms with van der Waals surface area (Å²) in [7, 11) is 1.95. The lowest BCUT2D eigenvalue weighted by atomic mass is 9.86. The molecule has 5 heterocycles. The molecule has 3 aromatic rings. The van der Waals surface area contributed by atoms with Gasteiger partial charge in [0.15, 0.2) is 0 Å². The molecule has 178 valence electrons. The van der Waals surface area contributed by atoms with Gasteiger partial charge in [-0.05, 0) is 31.4 Å². The molecule has 3 aromatic heterocycles. The Kier molecular flexibility index (Phi) is 5.63. The molecule has 2 aliphatic heterocycles. The molecule has 6 nitrogen and oxygen atoms in total. The van der Waals surface area contributed by atoms with Gasteiger partial charge in [0.05, 0.1) is 18.0 Å². The predicted molar refractivity (Wildman–Crippen MR) is 123 cm³/mol. The molecule has 2 atom stereocenters. The maximum absolute atomic E-state index is 12.9. The van der Waals surface area contributed by atoms with Crippen LogP contribution < -0.4 is 4.90 Å². The summed E-state index contributed by atoms with van der Waals surface area (Å²) in [4.78, 5) is 14.5. The largest absolute Gasteiger partial charge is 0.393 e. The number of aryl methyl sites for hydroxylation is 1. The number of nitrogens with zero attached hydrogens (tertiary/aromatic N) is 6. The zero-order chi connectivity index (χ0) is 23.4. The van der Waals surface area contributed by atoms with Crippen molar-refractivity contribution in [2.45, 2.75) is 45.3 Å². The zero-order valence-electron chi connectivity index (χ0n) is 19.1. The van der Waals surface area contributed by atoms with E-state index in [0.717, 1.165) is 61.6 Å². The van der Waals surface area contributed by atoms with Gasteiger partial charge >= 0.3 is 6.18 Å². The Hall–Kier alpha value is -2.20. The van der Waals surface area contributed by atoms with E-state index in [4.69, 9.17) is 0 Å². The molecule has 1 unspecified atom stereocenters. The lowest BCUT2D eigenvalue weighted by Gasteiger charge is -2.32. The van der Waals surface area contributed by atoms with E-state index in [1.54, 1.807) is 6.07 Å². The van der Waals surface area contributed by atoms with Crippen LogP contribution >= 0.6 is 11.3 Å². The smallest absolute Gasteiger partial charge is 0.355 e. The number of rotatable bonds is 5. The van der Waals surface area contributed by atoms with E-state index in [1.807, 2.05) is 17.9 Å². The minimum Gasteiger partial charge on any atom is -0.355 e. The van der Waals surface area contributed by atoms with E-state index < -0.39 is 12.6 Å². The fourth-order valence-corrected chi connectivity index (χ4v) is 6.72. The predicted octanol–water partition coefficient (Wildman–Crippen LogP) is 4.83. The van der Waals surface area contributed by atoms with E-state index in [0.29, 0.717) is 16.8 Å². The van der Waals surface area contributed by atoms with E-state index in [9.17, 15) is 13.2 Å². The molecule has 10 heteroatoms. The molecule has 0 aromatic carbocycles. The molecule has 1 spiro atoms. The van der Waals surface area contributed by atoms with Gasteiger partial charge < -0.3 is 4.90 Å². The van der Waals surface area contributed by atoms with Crippen LogP contribution in [-0.4, -0.2) is 57.0 Å². The maximum atomic E-state index is 12.9. The van der Waals surface area contributed by atoms with Crippen molar-refractivity contribution in [2.75, 3.05) is 31.1 Å². The molecule has 33 heavy (non-hydrogen) atoms. The Bertz CT molecular complexity index is 1140. The fourth-order valence-electron chi connectivity index (χ4n) is 5.70. The van der Waals surface area contributed by atoms with Gasteiger partial charge in [0.1, 0.15) is 17.0 Å². The highest BCUT2D eigenvalue weighted by Gasteiger charge is 2.46. The van der Waals surface area contributed by atoms with Crippen molar-refractivity contribution >= 4 is 27.4 Å². The number of fused-ring (bicyclic) bond motifs is 1. The maximum Gasteiger partial charge on any atom is 0.393 e. The minimum atomic E-state index is -4.22. The van der Waals surface area contributed by atoms with E-state index in [-0.39, 0.29) is 10.3 Å². The van der Waals surface area contributed by atoms with Gasteiger partial charge in [-0.2, -0.15) is 18.3 Å². The van der Waals surface area contributed by atoms with Crippen LogP contribution in [0.25, 0.3) is 10.2 Å². The van der Waals surface area contributed by atoms with Gasteiger partial charge in [-0.1, -0.05) is 13.8 Å². The molecular formula is C23H29F3N6S. The second kappa shape index (κ2) is 8.23. The highest BCUT2D eigenvalue weighted by molar-refractivity contribution is 7.18. The average Bonchev–Trinajstić information content (AvgIpc) is 3.49. The molecule has 2 saturated heterocycles. The number of aromatic nitrogens is 4. The van der Waals surface area contributed by atoms with Crippen LogP contribution in [0.2, 0.25) is 0 Å². The molecular weight excluding hydrogens is 449 g/mol. The molecule has 0 bridgehead atoms. The number of thiophene rings is 1. The summed E-state index contributed by atoms with van der Waals surface area (Å²) in [6, 6.07) is 1.96. The molecule has 2 aliphatic rings. The van der Waals surface area contributed by atoms with Gasteiger partial charge in [0, 0.05) is 54.8 Å². The highest BCUT2D eigenvalue weighted by atomic mass is 32.1. The second-order valence-electron chi connectivity index (χ2n) is 9.95. The van der Waals surface area contributed by atoms with Gasteiger partial charge in [-0.3, -0.25) is 9.58 Å². The molecule has 5 rings (SSSR count). The number of halogens is 3. The summed E-state index contributed by atoms with van der Waals surface area (Å²) in [6.45, 7) is 8.31. The van der Waals surface area contributed by atoms with Crippen molar-refractivity contribution in [1.29, 1.82) is 0 Å². The fraction of sp³-hybridized carbons (Fsp3) is 0.609. The molecule has 0 radical (unpaired) electrons. The summed E-state index contributed by atoms with van der Waals surface area (Å²) in [6.07, 6.45) is 2.61. The normalized spacial score (nSPS) is 22.9. The second-order valence-corrected chi connectivity index (χ2v) is 11.1. The molecule has 0 N–H and O–H groups in total. The van der Waals surface area contributed by atoms with Gasteiger partial charge in [-0.15, -0.1) is 11.3 Å². The van der Waals surface area contributed by atoms with Crippen molar-refractivity contribution < 1.29 is 13.2 Å². The van der Waals surface area contributed by atoms with E-state index in [1.165, 1.54) is 11.9 Å². The Balaban J connectivity index is 1.35. The van der Waals surface area contributed by atoms with Crippen LogP contribution in [0.4, 0.5) is 19.0 Å². The number of hydrogen-bond donors (Lipinski definition) is 0. The summed E-state index contributed by atoms with van der Waals surface area (Å²) < 4.78 is 40.6. The van der Waals surface area contributed by atoms with Crippen molar-refractivity contribution in [2.24, 2.45) is 18.4 Å². The monoisotopic (exact) mass is 478 g/mol. The van der Waals surface area contributed by atoms with Crippen LogP contribution in [0.5, 0.6) is 0 Å². The Morgan fingerprint density at radius 1 is 1.15 bits per heavy atom. The van der Waals surface area contributed by atoms with Crippen LogP contribution in [0, 0.1) is 11.3 Å². The standard InChI is InChI=1S/C23H29F3N6S/c1-15(2)19(16-10-29-30(3)11-16)31-6-4-22(12-31)5-7-32(13-22)20-18-8-17(9-23(24,25)26)33-21(18)28-14-27-20/h8,10-11,14-15,19H,4-7,9,12-13H2,1-3H3/t19-,22?/m0/s1. The minimum absolute atomic E-state index is 0.178. The summed E-state index contributed by atoms with van der Waals surface area (Å²) >= 11 is 1.11. The van der Waals surface area contributed by atoms with Crippen LogP contribution in [0.3, 0.4) is 0 Å². The molecule has 0 amide bonds. The van der Waals surface area contributed by atoms with Gasteiger partial charge in [-0.25, -0.2) is 9.97 Å². The first kappa shape index (κ1) is 22.6. The number of alkyl halides is 3. The third kappa shape index (κ3) is 4.47. The third-order valence-corrected chi connectivity index (χ3v) is 8.07. The van der Waals surface area contributed by atoms with Crippen molar-refractivity contribution in [3.05, 3.63) is 35.2 Å². The van der Waals surface area contributed by atoms with Crippen molar-refractivity contribution in [3.8, 4) is 0 Å². The zero-order valence-corrected chi connectivity index (χ0v) is 20.0. The van der Waals surface area contributed by atoms with Crippen LogP contribution in [-0.2, 0) is 13.5 Å². The van der Waals surface area contributed by atoms with Crippen molar-refractivity contribution in [1.82, 2.24) is 24.6 Å². The number of anilines is 1. The lowest BCUT2D eigenvalue weighted by Crippen LogP contribution is -2.34. The molecule has 0 aliphatic carbocycles. The Morgan fingerprint density at radius 2 is 1.94 bits per heavy atom. The van der Waals surface area contributed by atoms with E-state index in [2.05, 4.69) is 44.9 Å². The average molecular weight is 479 g/mol. The van der Waals surface area contributed by atoms with Gasteiger partial charge in [0.2, 0.25) is 0 Å².